The Balaban J connectivity index is 1.71. The van der Waals surface area contributed by atoms with Gasteiger partial charge in [-0.2, -0.15) is 10.2 Å². The number of aromatic nitrogens is 5. The van der Waals surface area contributed by atoms with E-state index in [-0.39, 0.29) is 0 Å². The lowest BCUT2D eigenvalue weighted by Crippen LogP contribution is -2.32. The number of piperidine rings is 1. The summed E-state index contributed by atoms with van der Waals surface area (Å²) < 4.78 is 4.00. The summed E-state index contributed by atoms with van der Waals surface area (Å²) in [5.74, 6) is 1.78. The number of aryl methyl sites for hydroxylation is 1. The Bertz CT molecular complexity index is 812. The predicted molar refractivity (Wildman–Crippen MR) is 93.1 cm³/mol. The molecule has 1 saturated heterocycles. The van der Waals surface area contributed by atoms with E-state index in [0.717, 1.165) is 48.8 Å². The van der Waals surface area contributed by atoms with Gasteiger partial charge in [0.1, 0.15) is 5.82 Å². The second-order valence-electron chi connectivity index (χ2n) is 6.46. The van der Waals surface area contributed by atoms with Crippen LogP contribution in [0, 0.1) is 6.92 Å². The third-order valence-electron chi connectivity index (χ3n) is 4.64. The molecule has 0 radical (unpaired) electrons. The van der Waals surface area contributed by atoms with Crippen molar-refractivity contribution in [3.63, 3.8) is 0 Å². The highest BCUT2D eigenvalue weighted by atomic mass is 15.4. The van der Waals surface area contributed by atoms with Gasteiger partial charge in [0.15, 0.2) is 5.82 Å². The molecule has 24 heavy (non-hydrogen) atoms. The van der Waals surface area contributed by atoms with Gasteiger partial charge in [-0.25, -0.2) is 14.3 Å². The molecule has 0 amide bonds. The third-order valence-corrected chi connectivity index (χ3v) is 4.64. The minimum absolute atomic E-state index is 0.422. The smallest absolute Gasteiger partial charge is 0.158 e. The van der Waals surface area contributed by atoms with Gasteiger partial charge in [0.05, 0.1) is 11.7 Å². The normalized spacial score (nSPS) is 16.6. The van der Waals surface area contributed by atoms with Crippen LogP contribution < -0.4 is 0 Å². The van der Waals surface area contributed by atoms with Gasteiger partial charge in [-0.15, -0.1) is 0 Å². The Morgan fingerprint density at radius 1 is 1.12 bits per heavy atom. The molecule has 0 atom stereocenters. The van der Waals surface area contributed by atoms with Crippen molar-refractivity contribution in [1.29, 1.82) is 0 Å². The lowest BCUT2D eigenvalue weighted by Gasteiger charge is -2.29. The molecule has 0 bridgehead atoms. The van der Waals surface area contributed by atoms with E-state index in [1.165, 1.54) is 0 Å². The number of hydrogen-bond donors (Lipinski definition) is 0. The number of nitrogens with zero attached hydrogens (tertiary/aromatic N) is 6. The summed E-state index contributed by atoms with van der Waals surface area (Å²) in [6, 6.07) is 10.7. The molecule has 1 aliphatic heterocycles. The largest absolute Gasteiger partial charge is 0.306 e. The number of benzene rings is 1. The van der Waals surface area contributed by atoms with E-state index >= 15 is 0 Å². The molecule has 1 aromatic carbocycles. The summed E-state index contributed by atoms with van der Waals surface area (Å²) in [4.78, 5) is 7.08. The van der Waals surface area contributed by atoms with Gasteiger partial charge in [0, 0.05) is 18.0 Å². The van der Waals surface area contributed by atoms with Crippen molar-refractivity contribution in [3.8, 4) is 17.1 Å². The lowest BCUT2D eigenvalue weighted by atomic mass is 10.1. The van der Waals surface area contributed by atoms with E-state index in [0.29, 0.717) is 6.04 Å². The Morgan fingerprint density at radius 3 is 2.71 bits per heavy atom. The van der Waals surface area contributed by atoms with Crippen molar-refractivity contribution in [2.24, 2.45) is 0 Å². The van der Waals surface area contributed by atoms with Gasteiger partial charge in [0.25, 0.3) is 0 Å². The molecule has 0 aliphatic carbocycles. The fourth-order valence-electron chi connectivity index (χ4n) is 3.33. The number of hydrogen-bond acceptors (Lipinski definition) is 4. The van der Waals surface area contributed by atoms with Crippen LogP contribution in [0.2, 0.25) is 0 Å². The van der Waals surface area contributed by atoms with Crippen LogP contribution in [0.3, 0.4) is 0 Å². The van der Waals surface area contributed by atoms with E-state index in [4.69, 9.17) is 10.1 Å². The SMILES string of the molecule is Cc1nc(-c2cccc(-n3cccn3)c2)n(C2CCN(C)CC2)n1. The molecule has 124 valence electrons. The summed E-state index contributed by atoms with van der Waals surface area (Å²) in [7, 11) is 2.18. The van der Waals surface area contributed by atoms with E-state index in [9.17, 15) is 0 Å². The van der Waals surface area contributed by atoms with E-state index in [1.807, 2.05) is 23.9 Å². The molecule has 6 heteroatoms. The monoisotopic (exact) mass is 322 g/mol. The minimum atomic E-state index is 0.422. The summed E-state index contributed by atoms with van der Waals surface area (Å²) in [5.41, 5.74) is 2.12. The zero-order valence-electron chi connectivity index (χ0n) is 14.1. The number of likely N-dealkylation sites (tertiary alicyclic amines) is 1. The molecule has 0 spiro atoms. The van der Waals surface area contributed by atoms with Crippen molar-refractivity contribution in [2.75, 3.05) is 20.1 Å². The molecule has 3 heterocycles. The summed E-state index contributed by atoms with van der Waals surface area (Å²) in [6.07, 6.45) is 5.97. The van der Waals surface area contributed by atoms with E-state index in [2.05, 4.69) is 46.0 Å². The first-order chi connectivity index (χ1) is 11.7. The Kier molecular flexibility index (Phi) is 3.90. The molecular weight excluding hydrogens is 300 g/mol. The van der Waals surface area contributed by atoms with Crippen molar-refractivity contribution in [2.45, 2.75) is 25.8 Å². The second-order valence-corrected chi connectivity index (χ2v) is 6.46. The van der Waals surface area contributed by atoms with Gasteiger partial charge in [-0.3, -0.25) is 0 Å². The zero-order valence-corrected chi connectivity index (χ0v) is 14.1. The lowest BCUT2D eigenvalue weighted by molar-refractivity contribution is 0.213. The van der Waals surface area contributed by atoms with Gasteiger partial charge >= 0.3 is 0 Å². The molecule has 2 aromatic heterocycles. The van der Waals surface area contributed by atoms with Crippen LogP contribution in [0.1, 0.15) is 24.7 Å². The quantitative estimate of drug-likeness (QED) is 0.744. The van der Waals surface area contributed by atoms with Crippen LogP contribution >= 0.6 is 0 Å². The summed E-state index contributed by atoms with van der Waals surface area (Å²) >= 11 is 0. The second kappa shape index (κ2) is 6.20. The van der Waals surface area contributed by atoms with Gasteiger partial charge in [0.2, 0.25) is 0 Å². The van der Waals surface area contributed by atoms with Crippen LogP contribution in [0.4, 0.5) is 0 Å². The third kappa shape index (κ3) is 2.85. The maximum Gasteiger partial charge on any atom is 0.158 e. The maximum absolute atomic E-state index is 4.71. The summed E-state index contributed by atoms with van der Waals surface area (Å²) in [6.45, 7) is 4.18. The van der Waals surface area contributed by atoms with Crippen LogP contribution in [-0.4, -0.2) is 49.6 Å². The Morgan fingerprint density at radius 2 is 1.96 bits per heavy atom. The topological polar surface area (TPSA) is 51.8 Å². The van der Waals surface area contributed by atoms with Crippen molar-refractivity contribution < 1.29 is 0 Å². The standard InChI is InChI=1S/C18H22N6/c1-14-20-18(24(21-14)16-7-11-22(2)12-8-16)15-5-3-6-17(13-15)23-10-4-9-19-23/h3-6,9-10,13,16H,7-8,11-12H2,1-2H3. The van der Waals surface area contributed by atoms with Crippen molar-refractivity contribution >= 4 is 0 Å². The molecule has 1 fully saturated rings. The Labute approximate surface area is 141 Å². The van der Waals surface area contributed by atoms with Gasteiger partial charge in [-0.05, 0) is 58.1 Å². The van der Waals surface area contributed by atoms with E-state index in [1.54, 1.807) is 6.20 Å². The molecule has 0 saturated carbocycles. The first-order valence-corrected chi connectivity index (χ1v) is 8.43. The maximum atomic E-state index is 4.71. The Hall–Kier alpha value is -2.47. The molecule has 0 N–H and O–H groups in total. The zero-order chi connectivity index (χ0) is 16.5. The molecule has 6 nitrogen and oxygen atoms in total. The highest BCUT2D eigenvalue weighted by molar-refractivity contribution is 5.59. The highest BCUT2D eigenvalue weighted by Crippen LogP contribution is 2.28. The fraction of sp³-hybridized carbons (Fsp3) is 0.389. The van der Waals surface area contributed by atoms with Crippen LogP contribution in [0.25, 0.3) is 17.1 Å². The number of rotatable bonds is 3. The molecule has 3 aromatic rings. The van der Waals surface area contributed by atoms with Gasteiger partial charge in [-0.1, -0.05) is 12.1 Å². The fourth-order valence-corrected chi connectivity index (χ4v) is 3.33. The van der Waals surface area contributed by atoms with Crippen molar-refractivity contribution in [1.82, 2.24) is 29.4 Å². The first-order valence-electron chi connectivity index (χ1n) is 8.43. The van der Waals surface area contributed by atoms with Crippen LogP contribution in [-0.2, 0) is 0 Å². The van der Waals surface area contributed by atoms with Gasteiger partial charge < -0.3 is 4.90 Å². The molecule has 0 unspecified atom stereocenters. The molecule has 1 aliphatic rings. The predicted octanol–water partition coefficient (Wildman–Crippen LogP) is 2.71. The van der Waals surface area contributed by atoms with Crippen LogP contribution in [0.15, 0.2) is 42.7 Å². The van der Waals surface area contributed by atoms with Crippen LogP contribution in [0.5, 0.6) is 0 Å². The first kappa shape index (κ1) is 15.1. The molecule has 4 rings (SSSR count). The highest BCUT2D eigenvalue weighted by Gasteiger charge is 2.23. The molecular formula is C18H22N6. The average Bonchev–Trinajstić information content (AvgIpc) is 3.25. The average molecular weight is 322 g/mol. The summed E-state index contributed by atoms with van der Waals surface area (Å²) in [5, 5.41) is 9.01. The van der Waals surface area contributed by atoms with Crippen molar-refractivity contribution in [3.05, 3.63) is 48.5 Å². The minimum Gasteiger partial charge on any atom is -0.306 e. The van der Waals surface area contributed by atoms with E-state index < -0.39 is 0 Å².